The molecule has 6 nitrogen and oxygen atoms in total. The summed E-state index contributed by atoms with van der Waals surface area (Å²) in [6.45, 7) is 1.23. The monoisotopic (exact) mass is 355 g/mol. The fourth-order valence-electron chi connectivity index (χ4n) is 3.80. The van der Waals surface area contributed by atoms with Crippen molar-refractivity contribution in [2.75, 3.05) is 18.4 Å². The molecule has 2 aromatic rings. The number of rotatable bonds is 4. The largest absolute Gasteiger partial charge is 0.344 e. The van der Waals surface area contributed by atoms with Gasteiger partial charge in [0.2, 0.25) is 5.91 Å². The van der Waals surface area contributed by atoms with Gasteiger partial charge in [0.1, 0.15) is 16.9 Å². The number of imidazole rings is 1. The maximum Gasteiger partial charge on any atom is 0.239 e. The molecule has 1 atom stereocenters. The number of thiophene rings is 1. The fraction of sp³-hybridized carbons (Fsp3) is 0.500. The van der Waals surface area contributed by atoms with Crippen LogP contribution in [0.1, 0.15) is 54.5 Å². The standard InChI is InChI=1S/C18H21N5OS/c19-10-12-7-9-25-18(12)22-16(24)11-23-8-3-6-15(23)17-20-13-4-1-2-5-14(13)21-17/h7,9,15H,1-6,8,11H2,(H,20,21)(H,22,24). The smallest absolute Gasteiger partial charge is 0.239 e. The normalized spacial score (nSPS) is 20.2. The van der Waals surface area contributed by atoms with Crippen LogP contribution in [0.15, 0.2) is 11.4 Å². The van der Waals surface area contributed by atoms with Crippen molar-refractivity contribution in [2.24, 2.45) is 0 Å². The zero-order valence-electron chi connectivity index (χ0n) is 14.0. The molecule has 4 rings (SSSR count). The number of aryl methyl sites for hydroxylation is 2. The van der Waals surface area contributed by atoms with Gasteiger partial charge in [-0.25, -0.2) is 4.98 Å². The minimum atomic E-state index is -0.0674. The van der Waals surface area contributed by atoms with Crippen LogP contribution in [-0.4, -0.2) is 33.9 Å². The number of amides is 1. The summed E-state index contributed by atoms with van der Waals surface area (Å²) in [6.07, 6.45) is 6.71. The first kappa shape index (κ1) is 16.3. The number of H-pyrrole nitrogens is 1. The molecule has 0 aromatic carbocycles. The summed E-state index contributed by atoms with van der Waals surface area (Å²) >= 11 is 1.38. The predicted molar refractivity (Wildman–Crippen MR) is 96.4 cm³/mol. The van der Waals surface area contributed by atoms with Crippen molar-refractivity contribution in [3.05, 3.63) is 34.2 Å². The third-order valence-electron chi connectivity index (χ3n) is 5.04. The van der Waals surface area contributed by atoms with E-state index in [9.17, 15) is 4.79 Å². The molecule has 1 unspecified atom stereocenters. The van der Waals surface area contributed by atoms with Crippen LogP contribution >= 0.6 is 11.3 Å². The van der Waals surface area contributed by atoms with E-state index in [1.54, 1.807) is 6.07 Å². The molecule has 2 N–H and O–H groups in total. The summed E-state index contributed by atoms with van der Waals surface area (Å²) in [5, 5.41) is 14.4. The molecule has 2 aromatic heterocycles. The van der Waals surface area contributed by atoms with E-state index < -0.39 is 0 Å². The van der Waals surface area contributed by atoms with Crippen molar-refractivity contribution in [3.8, 4) is 6.07 Å². The van der Waals surface area contributed by atoms with Crippen LogP contribution in [0.3, 0.4) is 0 Å². The molecule has 7 heteroatoms. The Bertz CT molecular complexity index is 794. The highest BCUT2D eigenvalue weighted by atomic mass is 32.1. The summed E-state index contributed by atoms with van der Waals surface area (Å²) in [6, 6.07) is 4.02. The molecule has 130 valence electrons. The lowest BCUT2D eigenvalue weighted by atomic mass is 10.0. The summed E-state index contributed by atoms with van der Waals surface area (Å²) in [4.78, 5) is 23.0. The number of likely N-dealkylation sites (tertiary alicyclic amines) is 1. The summed E-state index contributed by atoms with van der Waals surface area (Å²) in [5.41, 5.74) is 3.03. The Morgan fingerprint density at radius 3 is 3.16 bits per heavy atom. The molecule has 3 heterocycles. The van der Waals surface area contributed by atoms with Crippen molar-refractivity contribution < 1.29 is 4.79 Å². The van der Waals surface area contributed by atoms with Crippen LogP contribution in [0.5, 0.6) is 0 Å². The van der Waals surface area contributed by atoms with E-state index in [1.165, 1.54) is 35.6 Å². The first-order valence-electron chi connectivity index (χ1n) is 8.84. The molecule has 1 amide bonds. The Balaban J connectivity index is 1.44. The number of anilines is 1. The Morgan fingerprint density at radius 2 is 2.32 bits per heavy atom. The number of nitrogens with one attached hydrogen (secondary N) is 2. The van der Waals surface area contributed by atoms with Crippen molar-refractivity contribution in [3.63, 3.8) is 0 Å². The van der Waals surface area contributed by atoms with Gasteiger partial charge in [0.25, 0.3) is 0 Å². The highest BCUT2D eigenvalue weighted by molar-refractivity contribution is 7.14. The molecule has 2 aliphatic rings. The summed E-state index contributed by atoms with van der Waals surface area (Å²) < 4.78 is 0. The lowest BCUT2D eigenvalue weighted by Crippen LogP contribution is -2.33. The quantitative estimate of drug-likeness (QED) is 0.883. The first-order chi connectivity index (χ1) is 12.2. The van der Waals surface area contributed by atoms with Crippen LogP contribution < -0.4 is 5.32 Å². The minimum absolute atomic E-state index is 0.0674. The van der Waals surface area contributed by atoms with Gasteiger partial charge in [0.15, 0.2) is 0 Å². The van der Waals surface area contributed by atoms with E-state index in [2.05, 4.69) is 21.3 Å². The maximum absolute atomic E-state index is 12.4. The maximum atomic E-state index is 12.4. The van der Waals surface area contributed by atoms with Gasteiger partial charge in [-0.1, -0.05) is 0 Å². The zero-order valence-corrected chi connectivity index (χ0v) is 14.9. The zero-order chi connectivity index (χ0) is 17.2. The van der Waals surface area contributed by atoms with Crippen LogP contribution in [0.4, 0.5) is 5.00 Å². The first-order valence-corrected chi connectivity index (χ1v) is 9.71. The highest BCUT2D eigenvalue weighted by Gasteiger charge is 2.31. The molecule has 1 aliphatic carbocycles. The topological polar surface area (TPSA) is 84.8 Å². The van der Waals surface area contributed by atoms with E-state index in [-0.39, 0.29) is 11.9 Å². The minimum Gasteiger partial charge on any atom is -0.344 e. The van der Waals surface area contributed by atoms with Crippen molar-refractivity contribution in [2.45, 2.75) is 44.6 Å². The van der Waals surface area contributed by atoms with Crippen LogP contribution in [0.25, 0.3) is 0 Å². The Labute approximate surface area is 150 Å². The molecule has 0 saturated carbocycles. The molecule has 1 aliphatic heterocycles. The second-order valence-electron chi connectivity index (χ2n) is 6.71. The summed E-state index contributed by atoms with van der Waals surface area (Å²) in [5.74, 6) is 0.952. The van der Waals surface area contributed by atoms with Crippen molar-refractivity contribution >= 4 is 22.2 Å². The van der Waals surface area contributed by atoms with E-state index in [1.807, 2.05) is 5.38 Å². The van der Waals surface area contributed by atoms with Crippen LogP contribution in [0.2, 0.25) is 0 Å². The Kier molecular flexibility index (Phi) is 4.55. The van der Waals surface area contributed by atoms with E-state index in [0.29, 0.717) is 17.1 Å². The second kappa shape index (κ2) is 6.98. The Hall–Kier alpha value is -2.17. The van der Waals surface area contributed by atoms with Gasteiger partial charge in [0, 0.05) is 5.69 Å². The van der Waals surface area contributed by atoms with Gasteiger partial charge in [-0.05, 0) is 56.5 Å². The van der Waals surface area contributed by atoms with Crippen molar-refractivity contribution in [1.29, 1.82) is 5.26 Å². The molecule has 1 saturated heterocycles. The highest BCUT2D eigenvalue weighted by Crippen LogP contribution is 2.32. The average Bonchev–Trinajstić information content (AvgIpc) is 3.32. The number of nitrogens with zero attached hydrogens (tertiary/aromatic N) is 3. The number of aromatic amines is 1. The van der Waals surface area contributed by atoms with Crippen LogP contribution in [-0.2, 0) is 17.6 Å². The van der Waals surface area contributed by atoms with Gasteiger partial charge >= 0.3 is 0 Å². The SMILES string of the molecule is N#Cc1ccsc1NC(=O)CN1CCCC1c1nc2c([nH]1)CCCC2. The number of fused-ring (bicyclic) bond motifs is 1. The number of carbonyl (C=O) groups is 1. The number of carbonyl (C=O) groups excluding carboxylic acids is 1. The summed E-state index contributed by atoms with van der Waals surface area (Å²) in [7, 11) is 0. The lowest BCUT2D eigenvalue weighted by molar-refractivity contribution is -0.117. The molecule has 0 bridgehead atoms. The molecule has 25 heavy (non-hydrogen) atoms. The molecule has 0 radical (unpaired) electrons. The van der Waals surface area contributed by atoms with E-state index in [0.717, 1.165) is 38.1 Å². The third-order valence-corrected chi connectivity index (χ3v) is 5.87. The van der Waals surface area contributed by atoms with Gasteiger partial charge in [-0.3, -0.25) is 9.69 Å². The molecular weight excluding hydrogens is 334 g/mol. The van der Waals surface area contributed by atoms with Gasteiger partial charge in [-0.2, -0.15) is 5.26 Å². The van der Waals surface area contributed by atoms with Gasteiger partial charge in [0.05, 0.1) is 23.8 Å². The molecule has 1 fully saturated rings. The number of hydrogen-bond donors (Lipinski definition) is 2. The number of hydrogen-bond acceptors (Lipinski definition) is 5. The van der Waals surface area contributed by atoms with E-state index in [4.69, 9.17) is 10.2 Å². The van der Waals surface area contributed by atoms with Gasteiger partial charge in [-0.15, -0.1) is 11.3 Å². The second-order valence-corrected chi connectivity index (χ2v) is 7.62. The average molecular weight is 355 g/mol. The van der Waals surface area contributed by atoms with E-state index >= 15 is 0 Å². The fourth-order valence-corrected chi connectivity index (χ4v) is 4.56. The third kappa shape index (κ3) is 3.32. The molecular formula is C18H21N5OS. The Morgan fingerprint density at radius 1 is 1.44 bits per heavy atom. The molecule has 0 spiro atoms. The number of aromatic nitrogens is 2. The van der Waals surface area contributed by atoms with Crippen molar-refractivity contribution in [1.82, 2.24) is 14.9 Å². The van der Waals surface area contributed by atoms with Gasteiger partial charge < -0.3 is 10.3 Å². The van der Waals surface area contributed by atoms with Crippen LogP contribution in [0, 0.1) is 11.3 Å². The number of nitriles is 1. The lowest BCUT2D eigenvalue weighted by Gasteiger charge is -2.22. The predicted octanol–water partition coefficient (Wildman–Crippen LogP) is 3.00.